The van der Waals surface area contributed by atoms with Gasteiger partial charge < -0.3 is 11.1 Å². The maximum Gasteiger partial charge on any atom is 0.152 e. The first kappa shape index (κ1) is 13.3. The predicted molar refractivity (Wildman–Crippen MR) is 74.5 cm³/mol. The number of aromatic nitrogens is 2. The van der Waals surface area contributed by atoms with Crippen LogP contribution in [0.1, 0.15) is 17.7 Å². The fraction of sp³-hybridized carbons (Fsp3) is 0.600. The predicted octanol–water partition coefficient (Wildman–Crippen LogP) is -0.0383. The average Bonchev–Trinajstić information content (AvgIpc) is 2.68. The summed E-state index contributed by atoms with van der Waals surface area (Å²) >= 11 is 5.00. The van der Waals surface area contributed by atoms with Crippen molar-refractivity contribution in [3.8, 4) is 0 Å². The van der Waals surface area contributed by atoms with Crippen LogP contribution in [0.4, 0.5) is 5.82 Å². The number of anilines is 1. The molecule has 0 saturated carbocycles. The number of thiocarbonyl (C=S) groups is 1. The maximum atomic E-state index is 11.4. The highest BCUT2D eigenvalue weighted by molar-refractivity contribution is 7.91. The number of nitrogens with two attached hydrogens (primary N) is 1. The van der Waals surface area contributed by atoms with Crippen LogP contribution < -0.4 is 11.1 Å². The molecular weight excluding hydrogens is 272 g/mol. The lowest BCUT2D eigenvalue weighted by Crippen LogP contribution is -2.24. The van der Waals surface area contributed by atoms with Crippen LogP contribution in [0.3, 0.4) is 0 Å². The van der Waals surface area contributed by atoms with Gasteiger partial charge in [-0.25, -0.2) is 8.42 Å². The van der Waals surface area contributed by atoms with Gasteiger partial charge in [0, 0.05) is 13.1 Å². The lowest BCUT2D eigenvalue weighted by atomic mass is 10.2. The number of nitrogens with zero attached hydrogens (tertiary/aromatic N) is 2. The van der Waals surface area contributed by atoms with E-state index in [0.29, 0.717) is 17.8 Å². The summed E-state index contributed by atoms with van der Waals surface area (Å²) in [5, 5.41) is 7.44. The molecule has 1 aliphatic heterocycles. The number of rotatable bonds is 3. The van der Waals surface area contributed by atoms with Crippen LogP contribution >= 0.6 is 12.2 Å². The van der Waals surface area contributed by atoms with Crippen molar-refractivity contribution in [1.29, 1.82) is 0 Å². The molecule has 2 heterocycles. The third-order valence-corrected chi connectivity index (χ3v) is 5.01. The minimum Gasteiger partial charge on any atom is -0.389 e. The van der Waals surface area contributed by atoms with Crippen LogP contribution in [0.2, 0.25) is 0 Å². The summed E-state index contributed by atoms with van der Waals surface area (Å²) in [6.45, 7) is 1.82. The summed E-state index contributed by atoms with van der Waals surface area (Å²) in [5.74, 6) is 1.07. The first-order valence-electron chi connectivity index (χ1n) is 5.60. The molecule has 0 aliphatic carbocycles. The van der Waals surface area contributed by atoms with Crippen molar-refractivity contribution in [2.75, 3.05) is 16.8 Å². The summed E-state index contributed by atoms with van der Waals surface area (Å²) in [6, 6.07) is -0.0992. The summed E-state index contributed by atoms with van der Waals surface area (Å²) in [6.07, 6.45) is 0.601. The standard InChI is InChI=1S/C10H16N4O2S2/c1-6-8(9(11)17)10(14(2)13-6)12-7-3-4-18(15,16)5-7/h7,12H,3-5H2,1-2H3,(H2,11,17). The highest BCUT2D eigenvalue weighted by Crippen LogP contribution is 2.22. The van der Waals surface area contributed by atoms with Crippen LogP contribution in [0.15, 0.2) is 0 Å². The van der Waals surface area contributed by atoms with Crippen LogP contribution in [0.5, 0.6) is 0 Å². The fourth-order valence-electron chi connectivity index (χ4n) is 2.22. The summed E-state index contributed by atoms with van der Waals surface area (Å²) in [4.78, 5) is 0.268. The van der Waals surface area contributed by atoms with Crippen LogP contribution in [-0.2, 0) is 16.9 Å². The minimum atomic E-state index is -2.91. The number of sulfone groups is 1. The molecule has 100 valence electrons. The summed E-state index contributed by atoms with van der Waals surface area (Å²) < 4.78 is 24.5. The van der Waals surface area contributed by atoms with Gasteiger partial charge in [-0.3, -0.25) is 4.68 Å². The second-order valence-electron chi connectivity index (χ2n) is 4.54. The van der Waals surface area contributed by atoms with E-state index in [2.05, 4.69) is 10.4 Å². The van der Waals surface area contributed by atoms with Gasteiger partial charge in [-0.1, -0.05) is 12.2 Å². The Morgan fingerprint density at radius 2 is 2.28 bits per heavy atom. The van der Waals surface area contributed by atoms with Crippen molar-refractivity contribution in [3.05, 3.63) is 11.3 Å². The lowest BCUT2D eigenvalue weighted by Gasteiger charge is -2.14. The molecule has 18 heavy (non-hydrogen) atoms. The zero-order valence-electron chi connectivity index (χ0n) is 10.3. The van der Waals surface area contributed by atoms with E-state index in [1.165, 1.54) is 0 Å². The van der Waals surface area contributed by atoms with E-state index in [1.807, 2.05) is 6.92 Å². The van der Waals surface area contributed by atoms with Crippen LogP contribution in [0.25, 0.3) is 0 Å². The third-order valence-electron chi connectivity index (χ3n) is 3.04. The Bertz CT molecular complexity index is 591. The first-order valence-corrected chi connectivity index (χ1v) is 7.83. The molecule has 1 aliphatic rings. The normalized spacial score (nSPS) is 22.0. The lowest BCUT2D eigenvalue weighted by molar-refractivity contribution is 0.601. The van der Waals surface area contributed by atoms with Gasteiger partial charge >= 0.3 is 0 Å². The molecule has 0 amide bonds. The van der Waals surface area contributed by atoms with Crippen molar-refractivity contribution in [2.24, 2.45) is 12.8 Å². The first-order chi connectivity index (χ1) is 8.30. The van der Waals surface area contributed by atoms with E-state index in [-0.39, 0.29) is 22.5 Å². The molecule has 1 fully saturated rings. The van der Waals surface area contributed by atoms with Gasteiger partial charge in [0.05, 0.1) is 22.8 Å². The van der Waals surface area contributed by atoms with Gasteiger partial charge in [0.2, 0.25) is 0 Å². The maximum absolute atomic E-state index is 11.4. The number of aryl methyl sites for hydroxylation is 2. The van der Waals surface area contributed by atoms with E-state index in [4.69, 9.17) is 18.0 Å². The quantitative estimate of drug-likeness (QED) is 0.759. The molecule has 8 heteroatoms. The number of nitrogens with one attached hydrogen (secondary N) is 1. The number of hydrogen-bond acceptors (Lipinski definition) is 5. The largest absolute Gasteiger partial charge is 0.389 e. The van der Waals surface area contributed by atoms with E-state index < -0.39 is 9.84 Å². The molecular formula is C10H16N4O2S2. The Hall–Kier alpha value is -1.15. The number of hydrogen-bond donors (Lipinski definition) is 2. The van der Waals surface area contributed by atoms with Crippen molar-refractivity contribution in [3.63, 3.8) is 0 Å². The second-order valence-corrected chi connectivity index (χ2v) is 7.21. The Labute approximate surface area is 111 Å². The average molecular weight is 288 g/mol. The molecule has 1 unspecified atom stereocenters. The van der Waals surface area contributed by atoms with Gasteiger partial charge in [-0.15, -0.1) is 0 Å². The summed E-state index contributed by atoms with van der Waals surface area (Å²) in [5.41, 5.74) is 7.11. The van der Waals surface area contributed by atoms with Gasteiger partial charge in [-0.05, 0) is 13.3 Å². The molecule has 2 rings (SSSR count). The molecule has 0 bridgehead atoms. The zero-order chi connectivity index (χ0) is 13.5. The highest BCUT2D eigenvalue weighted by atomic mass is 32.2. The molecule has 6 nitrogen and oxygen atoms in total. The van der Waals surface area contributed by atoms with Crippen LogP contribution in [-0.4, -0.2) is 40.7 Å². The molecule has 0 aromatic carbocycles. The molecule has 1 aromatic rings. The van der Waals surface area contributed by atoms with Gasteiger partial charge in [0.25, 0.3) is 0 Å². The molecule has 1 atom stereocenters. The molecule has 0 spiro atoms. The Morgan fingerprint density at radius 3 is 2.78 bits per heavy atom. The third kappa shape index (κ3) is 2.49. The topological polar surface area (TPSA) is 90.0 Å². The summed E-state index contributed by atoms with van der Waals surface area (Å²) in [7, 11) is -1.13. The van der Waals surface area contributed by atoms with Crippen molar-refractivity contribution in [2.45, 2.75) is 19.4 Å². The van der Waals surface area contributed by atoms with Crippen molar-refractivity contribution in [1.82, 2.24) is 9.78 Å². The van der Waals surface area contributed by atoms with Crippen LogP contribution in [0, 0.1) is 6.92 Å². The van der Waals surface area contributed by atoms with E-state index in [0.717, 1.165) is 5.69 Å². The molecule has 1 aromatic heterocycles. The smallest absolute Gasteiger partial charge is 0.152 e. The van der Waals surface area contributed by atoms with E-state index in [9.17, 15) is 8.42 Å². The molecule has 0 radical (unpaired) electrons. The van der Waals surface area contributed by atoms with E-state index in [1.54, 1.807) is 11.7 Å². The monoisotopic (exact) mass is 288 g/mol. The van der Waals surface area contributed by atoms with Crippen molar-refractivity contribution < 1.29 is 8.42 Å². The SMILES string of the molecule is Cc1nn(C)c(NC2CCS(=O)(=O)C2)c1C(N)=S. The van der Waals surface area contributed by atoms with Crippen molar-refractivity contribution >= 4 is 32.9 Å². The fourth-order valence-corrected chi connectivity index (χ4v) is 4.14. The second kappa shape index (κ2) is 4.51. The molecule has 3 N–H and O–H groups in total. The van der Waals surface area contributed by atoms with Gasteiger partial charge in [0.1, 0.15) is 10.8 Å². The molecule has 1 saturated heterocycles. The minimum absolute atomic E-state index is 0.0992. The zero-order valence-corrected chi connectivity index (χ0v) is 11.9. The highest BCUT2D eigenvalue weighted by Gasteiger charge is 2.29. The van der Waals surface area contributed by atoms with Gasteiger partial charge in [0.15, 0.2) is 9.84 Å². The van der Waals surface area contributed by atoms with E-state index >= 15 is 0 Å². The Morgan fingerprint density at radius 1 is 1.61 bits per heavy atom. The van der Waals surface area contributed by atoms with Gasteiger partial charge in [-0.2, -0.15) is 5.10 Å². The Balaban J connectivity index is 2.27. The Kier molecular flexibility index (Phi) is 3.33.